The van der Waals surface area contributed by atoms with Crippen molar-refractivity contribution in [2.45, 2.75) is 18.9 Å². The van der Waals surface area contributed by atoms with E-state index in [0.29, 0.717) is 11.3 Å². The van der Waals surface area contributed by atoms with Gasteiger partial charge in [-0.2, -0.15) is 0 Å². The highest BCUT2D eigenvalue weighted by atomic mass is 16.5. The van der Waals surface area contributed by atoms with Gasteiger partial charge in [-0.15, -0.1) is 0 Å². The maximum absolute atomic E-state index is 12.7. The normalized spacial score (nSPS) is 16.3. The summed E-state index contributed by atoms with van der Waals surface area (Å²) >= 11 is 0. The molecule has 4 nitrogen and oxygen atoms in total. The van der Waals surface area contributed by atoms with Crippen molar-refractivity contribution < 1.29 is 14.6 Å². The summed E-state index contributed by atoms with van der Waals surface area (Å²) in [6.07, 6.45) is 1.75. The van der Waals surface area contributed by atoms with Gasteiger partial charge in [-0.3, -0.25) is 0 Å². The number of ether oxygens (including phenoxy) is 1. The average molecular weight is 383 g/mol. The third kappa shape index (κ3) is 3.12. The minimum Gasteiger partial charge on any atom is -0.507 e. The number of phenols is 1. The molecule has 1 fully saturated rings. The van der Waals surface area contributed by atoms with E-state index in [4.69, 9.17) is 4.74 Å². The number of hydrogen-bond donors (Lipinski definition) is 2. The first-order valence-corrected chi connectivity index (χ1v) is 9.90. The van der Waals surface area contributed by atoms with Gasteiger partial charge in [0.2, 0.25) is 0 Å². The van der Waals surface area contributed by atoms with Crippen molar-refractivity contribution in [1.82, 2.24) is 5.32 Å². The van der Waals surface area contributed by atoms with Crippen LogP contribution in [0.3, 0.4) is 0 Å². The molecule has 0 amide bonds. The second-order valence-corrected chi connectivity index (χ2v) is 7.41. The summed E-state index contributed by atoms with van der Waals surface area (Å²) in [6, 6.07) is 22.9. The molecule has 1 aliphatic rings. The van der Waals surface area contributed by atoms with E-state index in [2.05, 4.69) is 5.32 Å². The number of fused-ring (bicyclic) bond motifs is 2. The van der Waals surface area contributed by atoms with Crippen molar-refractivity contribution in [3.63, 3.8) is 0 Å². The number of phenolic OH excluding ortho intramolecular Hbond substituents is 1. The highest BCUT2D eigenvalue weighted by Gasteiger charge is 2.26. The van der Waals surface area contributed by atoms with E-state index in [1.54, 1.807) is 6.07 Å². The third-order valence-electron chi connectivity index (χ3n) is 5.60. The fraction of sp³-hybridized carbons (Fsp3) is 0.160. The summed E-state index contributed by atoms with van der Waals surface area (Å²) in [6.45, 7) is 0.828. The molecule has 4 aromatic carbocycles. The van der Waals surface area contributed by atoms with Crippen molar-refractivity contribution in [2.24, 2.45) is 0 Å². The second kappa shape index (κ2) is 7.22. The fourth-order valence-electron chi connectivity index (χ4n) is 4.18. The molecule has 4 aromatic rings. The predicted octanol–water partition coefficient (Wildman–Crippen LogP) is 5.02. The smallest absolute Gasteiger partial charge is 0.328 e. The van der Waals surface area contributed by atoms with Gasteiger partial charge in [-0.25, -0.2) is 4.79 Å². The lowest BCUT2D eigenvalue weighted by Crippen LogP contribution is -2.34. The van der Waals surface area contributed by atoms with Crippen LogP contribution in [0.15, 0.2) is 72.8 Å². The van der Waals surface area contributed by atoms with Crippen LogP contribution in [-0.2, 0) is 4.79 Å². The highest BCUT2D eigenvalue weighted by molar-refractivity contribution is 6.10. The summed E-state index contributed by atoms with van der Waals surface area (Å²) in [5, 5.41) is 17.9. The van der Waals surface area contributed by atoms with Crippen molar-refractivity contribution in [2.75, 3.05) is 6.54 Å². The van der Waals surface area contributed by atoms with Crippen LogP contribution < -0.4 is 10.1 Å². The third-order valence-corrected chi connectivity index (χ3v) is 5.60. The Labute approximate surface area is 168 Å². The number of esters is 1. The lowest BCUT2D eigenvalue weighted by molar-refractivity contribution is -0.136. The topological polar surface area (TPSA) is 58.6 Å². The zero-order valence-electron chi connectivity index (χ0n) is 15.9. The molecule has 1 saturated heterocycles. The van der Waals surface area contributed by atoms with Gasteiger partial charge in [0, 0.05) is 11.1 Å². The Hall–Kier alpha value is -3.37. The van der Waals surface area contributed by atoms with E-state index < -0.39 is 0 Å². The van der Waals surface area contributed by atoms with E-state index in [1.807, 2.05) is 66.7 Å². The van der Waals surface area contributed by atoms with Crippen LogP contribution in [0.5, 0.6) is 11.5 Å². The molecule has 5 rings (SSSR count). The van der Waals surface area contributed by atoms with Gasteiger partial charge in [0.25, 0.3) is 0 Å². The molecule has 0 aliphatic carbocycles. The van der Waals surface area contributed by atoms with Gasteiger partial charge in [0.15, 0.2) is 0 Å². The Morgan fingerprint density at radius 3 is 2.21 bits per heavy atom. The molecule has 1 atom stereocenters. The Balaban J connectivity index is 1.76. The minimum atomic E-state index is -0.282. The molecule has 0 radical (unpaired) electrons. The van der Waals surface area contributed by atoms with E-state index in [9.17, 15) is 9.90 Å². The molecule has 0 aromatic heterocycles. The van der Waals surface area contributed by atoms with Crippen LogP contribution in [0.4, 0.5) is 0 Å². The molecule has 0 spiro atoms. The summed E-state index contributed by atoms with van der Waals surface area (Å²) in [7, 11) is 0. The largest absolute Gasteiger partial charge is 0.507 e. The SMILES string of the molecule is O=C(Oc1ccc2ccccc2c1-c1c(O)ccc2ccccc12)[C@@H]1CCCN1. The second-order valence-electron chi connectivity index (χ2n) is 7.41. The molecule has 0 saturated carbocycles. The number of rotatable bonds is 3. The van der Waals surface area contributed by atoms with Crippen molar-refractivity contribution in [1.29, 1.82) is 0 Å². The molecular weight excluding hydrogens is 362 g/mol. The zero-order chi connectivity index (χ0) is 19.8. The first-order chi connectivity index (χ1) is 14.2. The molecular formula is C25H21NO3. The van der Waals surface area contributed by atoms with E-state index >= 15 is 0 Å². The molecule has 144 valence electrons. The summed E-state index contributed by atoms with van der Waals surface area (Å²) < 4.78 is 5.88. The predicted molar refractivity (Wildman–Crippen MR) is 115 cm³/mol. The van der Waals surface area contributed by atoms with Gasteiger partial charge >= 0.3 is 5.97 Å². The maximum atomic E-state index is 12.7. The Morgan fingerprint density at radius 2 is 1.52 bits per heavy atom. The molecule has 1 aliphatic heterocycles. The van der Waals surface area contributed by atoms with Gasteiger partial charge in [0.1, 0.15) is 17.5 Å². The lowest BCUT2D eigenvalue weighted by atomic mass is 9.92. The molecule has 1 heterocycles. The van der Waals surface area contributed by atoms with E-state index in [1.165, 1.54) is 0 Å². The van der Waals surface area contributed by atoms with E-state index in [0.717, 1.165) is 46.5 Å². The van der Waals surface area contributed by atoms with Crippen LogP contribution in [-0.4, -0.2) is 23.7 Å². The number of hydrogen-bond acceptors (Lipinski definition) is 4. The number of carbonyl (C=O) groups excluding carboxylic acids is 1. The number of benzene rings is 4. The van der Waals surface area contributed by atoms with Crippen LogP contribution in [0.1, 0.15) is 12.8 Å². The Kier molecular flexibility index (Phi) is 4.41. The first kappa shape index (κ1) is 17.7. The summed E-state index contributed by atoms with van der Waals surface area (Å²) in [5.74, 6) is 0.351. The molecule has 4 heteroatoms. The number of aromatic hydroxyl groups is 1. The average Bonchev–Trinajstić information content (AvgIpc) is 3.29. The number of nitrogens with one attached hydrogen (secondary N) is 1. The van der Waals surface area contributed by atoms with Crippen LogP contribution in [0, 0.1) is 0 Å². The van der Waals surface area contributed by atoms with E-state index in [-0.39, 0.29) is 17.8 Å². The van der Waals surface area contributed by atoms with Gasteiger partial charge < -0.3 is 15.2 Å². The summed E-state index contributed by atoms with van der Waals surface area (Å²) in [5.41, 5.74) is 1.42. The van der Waals surface area contributed by atoms with Crippen molar-refractivity contribution in [3.05, 3.63) is 72.8 Å². The van der Waals surface area contributed by atoms with Crippen LogP contribution in [0.25, 0.3) is 32.7 Å². The zero-order valence-corrected chi connectivity index (χ0v) is 15.9. The van der Waals surface area contributed by atoms with Gasteiger partial charge in [-0.05, 0) is 53.1 Å². The molecule has 29 heavy (non-hydrogen) atoms. The quantitative estimate of drug-likeness (QED) is 0.385. The monoisotopic (exact) mass is 383 g/mol. The highest BCUT2D eigenvalue weighted by Crippen LogP contribution is 2.45. The summed E-state index contributed by atoms with van der Waals surface area (Å²) in [4.78, 5) is 12.7. The maximum Gasteiger partial charge on any atom is 0.328 e. The number of carbonyl (C=O) groups is 1. The standard InChI is InChI=1S/C25H21NO3/c27-21-13-11-16-6-1-3-8-18(16)23(21)24-19-9-4-2-7-17(19)12-14-22(24)29-25(28)20-10-5-15-26-20/h1-4,6-9,11-14,20,26-27H,5,10,15H2/t20-/m0/s1. The van der Waals surface area contributed by atoms with Crippen molar-refractivity contribution in [3.8, 4) is 22.6 Å². The Bertz CT molecular complexity index is 1230. The molecule has 0 bridgehead atoms. The fourth-order valence-corrected chi connectivity index (χ4v) is 4.18. The first-order valence-electron chi connectivity index (χ1n) is 9.90. The Morgan fingerprint density at radius 1 is 0.862 bits per heavy atom. The minimum absolute atomic E-state index is 0.163. The van der Waals surface area contributed by atoms with Crippen molar-refractivity contribution >= 4 is 27.5 Å². The molecule has 0 unspecified atom stereocenters. The van der Waals surface area contributed by atoms with Gasteiger partial charge in [0.05, 0.1) is 0 Å². The van der Waals surface area contributed by atoms with Crippen LogP contribution >= 0.6 is 0 Å². The lowest BCUT2D eigenvalue weighted by Gasteiger charge is -2.18. The van der Waals surface area contributed by atoms with Gasteiger partial charge in [-0.1, -0.05) is 60.7 Å². The molecule has 2 N–H and O–H groups in total. The van der Waals surface area contributed by atoms with Crippen LogP contribution in [0.2, 0.25) is 0 Å².